The third kappa shape index (κ3) is 3.11. The number of carbonyl (C=O) groups excluding carboxylic acids is 1. The number of benzene rings is 1. The molecule has 0 spiro atoms. The fourth-order valence-corrected chi connectivity index (χ4v) is 4.35. The Balaban J connectivity index is 1.35. The zero-order valence-electron chi connectivity index (χ0n) is 12.3. The molecule has 0 saturated heterocycles. The van der Waals surface area contributed by atoms with Gasteiger partial charge in [-0.3, -0.25) is 9.79 Å². The molecule has 0 atom stereocenters. The highest BCUT2D eigenvalue weighted by molar-refractivity contribution is 8.14. The summed E-state index contributed by atoms with van der Waals surface area (Å²) in [5, 5.41) is 4.03. The summed E-state index contributed by atoms with van der Waals surface area (Å²) in [6.45, 7) is 1.77. The smallest absolute Gasteiger partial charge is 0.234 e. The zero-order valence-corrected chi connectivity index (χ0v) is 14.0. The summed E-state index contributed by atoms with van der Waals surface area (Å²) < 4.78 is 5.25. The number of hydrogen-bond donors (Lipinski definition) is 1. The largest absolute Gasteiger partial charge is 0.468 e. The monoisotopic (exact) mass is 345 g/mol. The van der Waals surface area contributed by atoms with Crippen molar-refractivity contribution in [1.82, 2.24) is 0 Å². The lowest BCUT2D eigenvalue weighted by Gasteiger charge is -2.13. The average Bonchev–Trinajstić information content (AvgIpc) is 3.24. The molecule has 0 unspecified atom stereocenters. The fraction of sp³-hybridized carbons (Fsp3) is 0.250. The molecule has 0 saturated carbocycles. The van der Waals surface area contributed by atoms with Crippen LogP contribution in [0.3, 0.4) is 0 Å². The first-order chi connectivity index (χ1) is 11.3. The molecule has 2 aliphatic heterocycles. The summed E-state index contributed by atoms with van der Waals surface area (Å²) in [7, 11) is 0. The standard InChI is InChI=1S/C16H15N3O2S2/c20-15(10-22-9-12-2-1-7-21-12)18-11-3-4-14-13(8-11)19-6-5-17-16(19)23-14/h1-4,7-8H,5-6,9-10H2,(H,18,20). The van der Waals surface area contributed by atoms with Gasteiger partial charge in [-0.15, -0.1) is 11.8 Å². The molecule has 2 aromatic rings. The van der Waals surface area contributed by atoms with Crippen LogP contribution in [0.1, 0.15) is 5.76 Å². The van der Waals surface area contributed by atoms with E-state index in [1.807, 2.05) is 30.3 Å². The normalized spacial score (nSPS) is 15.3. The Morgan fingerprint density at radius 3 is 3.26 bits per heavy atom. The van der Waals surface area contributed by atoms with Crippen molar-refractivity contribution in [3.05, 3.63) is 42.4 Å². The van der Waals surface area contributed by atoms with Gasteiger partial charge >= 0.3 is 0 Å². The van der Waals surface area contributed by atoms with Gasteiger partial charge in [-0.1, -0.05) is 0 Å². The van der Waals surface area contributed by atoms with E-state index in [9.17, 15) is 4.79 Å². The van der Waals surface area contributed by atoms with E-state index in [1.54, 1.807) is 18.0 Å². The molecular weight excluding hydrogens is 330 g/mol. The van der Waals surface area contributed by atoms with E-state index in [-0.39, 0.29) is 5.91 Å². The minimum atomic E-state index is 0.00229. The van der Waals surface area contributed by atoms with Crippen LogP contribution >= 0.6 is 23.5 Å². The van der Waals surface area contributed by atoms with Gasteiger partial charge < -0.3 is 14.6 Å². The molecule has 3 heterocycles. The molecule has 1 aromatic heterocycles. The van der Waals surface area contributed by atoms with Crippen LogP contribution in [-0.2, 0) is 10.5 Å². The molecule has 23 heavy (non-hydrogen) atoms. The van der Waals surface area contributed by atoms with Crippen LogP contribution in [0.5, 0.6) is 0 Å². The lowest BCUT2D eigenvalue weighted by atomic mass is 10.2. The Bertz CT molecular complexity index is 759. The van der Waals surface area contributed by atoms with E-state index in [1.165, 1.54) is 16.7 Å². The second-order valence-corrected chi connectivity index (χ2v) is 7.22. The predicted octanol–water partition coefficient (Wildman–Crippen LogP) is 3.43. The first-order valence-corrected chi connectivity index (χ1v) is 9.30. The van der Waals surface area contributed by atoms with Crippen molar-refractivity contribution in [1.29, 1.82) is 0 Å². The van der Waals surface area contributed by atoms with E-state index in [0.29, 0.717) is 11.5 Å². The SMILES string of the molecule is O=C(CSCc1ccco1)Nc1ccc2c(c1)N1CCN=C1S2. The second-order valence-electron chi connectivity index (χ2n) is 5.22. The van der Waals surface area contributed by atoms with Gasteiger partial charge in [0.25, 0.3) is 0 Å². The van der Waals surface area contributed by atoms with Crippen LogP contribution in [0.15, 0.2) is 50.9 Å². The van der Waals surface area contributed by atoms with Crippen molar-refractivity contribution in [2.24, 2.45) is 4.99 Å². The van der Waals surface area contributed by atoms with Gasteiger partial charge in [0.05, 0.1) is 30.0 Å². The Hall–Kier alpha value is -1.86. The highest BCUT2D eigenvalue weighted by atomic mass is 32.2. The van der Waals surface area contributed by atoms with Crippen molar-refractivity contribution in [3.63, 3.8) is 0 Å². The highest BCUT2D eigenvalue weighted by Gasteiger charge is 2.29. The molecule has 1 N–H and O–H groups in total. The fourth-order valence-electron chi connectivity index (χ4n) is 2.56. The third-order valence-electron chi connectivity index (χ3n) is 3.59. The number of furan rings is 1. The number of anilines is 2. The van der Waals surface area contributed by atoms with Crippen molar-refractivity contribution in [2.75, 3.05) is 29.1 Å². The molecule has 0 aliphatic carbocycles. The summed E-state index contributed by atoms with van der Waals surface area (Å²) in [6, 6.07) is 9.80. The van der Waals surface area contributed by atoms with Crippen LogP contribution in [0.2, 0.25) is 0 Å². The zero-order chi connectivity index (χ0) is 15.6. The number of amidine groups is 1. The maximum absolute atomic E-state index is 12.1. The molecule has 1 aromatic carbocycles. The third-order valence-corrected chi connectivity index (χ3v) is 5.65. The minimum Gasteiger partial charge on any atom is -0.468 e. The first kappa shape index (κ1) is 14.7. The minimum absolute atomic E-state index is 0.00229. The molecule has 4 rings (SSSR count). The van der Waals surface area contributed by atoms with E-state index in [2.05, 4.69) is 15.2 Å². The Kier molecular flexibility index (Phi) is 4.05. The predicted molar refractivity (Wildman–Crippen MR) is 95.4 cm³/mol. The number of fused-ring (bicyclic) bond motifs is 3. The van der Waals surface area contributed by atoms with Crippen LogP contribution in [0.4, 0.5) is 11.4 Å². The molecule has 118 valence electrons. The summed E-state index contributed by atoms with van der Waals surface area (Å²) in [5.74, 6) is 2.00. The van der Waals surface area contributed by atoms with Crippen LogP contribution in [0, 0.1) is 0 Å². The van der Waals surface area contributed by atoms with Crippen LogP contribution in [0.25, 0.3) is 0 Å². The van der Waals surface area contributed by atoms with Crippen molar-refractivity contribution < 1.29 is 9.21 Å². The number of thioether (sulfide) groups is 2. The number of nitrogens with one attached hydrogen (secondary N) is 1. The molecular formula is C16H15N3O2S2. The number of carbonyl (C=O) groups is 1. The number of aliphatic imine (C=N–C) groups is 1. The van der Waals surface area contributed by atoms with Gasteiger partial charge in [-0.05, 0) is 42.1 Å². The van der Waals surface area contributed by atoms with E-state index >= 15 is 0 Å². The highest BCUT2D eigenvalue weighted by Crippen LogP contribution is 2.43. The van der Waals surface area contributed by atoms with E-state index < -0.39 is 0 Å². The molecule has 0 radical (unpaired) electrons. The number of amides is 1. The summed E-state index contributed by atoms with van der Waals surface area (Å²) in [6.07, 6.45) is 1.65. The molecule has 0 bridgehead atoms. The first-order valence-electron chi connectivity index (χ1n) is 7.33. The van der Waals surface area contributed by atoms with Gasteiger partial charge in [0.2, 0.25) is 5.91 Å². The van der Waals surface area contributed by atoms with Gasteiger partial charge in [0.15, 0.2) is 5.17 Å². The Morgan fingerprint density at radius 1 is 1.43 bits per heavy atom. The number of hydrogen-bond acceptors (Lipinski definition) is 6. The molecule has 5 nitrogen and oxygen atoms in total. The molecule has 1 amide bonds. The average molecular weight is 345 g/mol. The van der Waals surface area contributed by atoms with Crippen molar-refractivity contribution >= 4 is 46.0 Å². The maximum atomic E-state index is 12.1. The topological polar surface area (TPSA) is 57.8 Å². The summed E-state index contributed by atoms with van der Waals surface area (Å²) >= 11 is 3.24. The van der Waals surface area contributed by atoms with E-state index in [0.717, 1.165) is 35.4 Å². The summed E-state index contributed by atoms with van der Waals surface area (Å²) in [5.41, 5.74) is 1.98. The van der Waals surface area contributed by atoms with E-state index in [4.69, 9.17) is 4.42 Å². The van der Waals surface area contributed by atoms with Gasteiger partial charge in [-0.2, -0.15) is 0 Å². The van der Waals surface area contributed by atoms with Gasteiger partial charge in [-0.25, -0.2) is 0 Å². The molecule has 7 heteroatoms. The van der Waals surface area contributed by atoms with Crippen LogP contribution in [-0.4, -0.2) is 29.9 Å². The second kappa shape index (κ2) is 6.33. The Morgan fingerprint density at radius 2 is 2.39 bits per heavy atom. The van der Waals surface area contributed by atoms with Crippen molar-refractivity contribution in [3.8, 4) is 0 Å². The van der Waals surface area contributed by atoms with Gasteiger partial charge in [0, 0.05) is 17.1 Å². The summed E-state index contributed by atoms with van der Waals surface area (Å²) in [4.78, 5) is 19.9. The number of rotatable bonds is 5. The number of nitrogens with zero attached hydrogens (tertiary/aromatic N) is 2. The molecule has 0 fully saturated rings. The maximum Gasteiger partial charge on any atom is 0.234 e. The lowest BCUT2D eigenvalue weighted by molar-refractivity contribution is -0.113. The van der Waals surface area contributed by atoms with Crippen molar-refractivity contribution in [2.45, 2.75) is 10.6 Å². The quantitative estimate of drug-likeness (QED) is 0.900. The molecule has 2 aliphatic rings. The lowest BCUT2D eigenvalue weighted by Crippen LogP contribution is -2.21. The van der Waals surface area contributed by atoms with Crippen LogP contribution < -0.4 is 10.2 Å². The Labute approximate surface area is 142 Å². The van der Waals surface area contributed by atoms with Gasteiger partial charge in [0.1, 0.15) is 5.76 Å².